The Kier molecular flexibility index (Phi) is 7.82. The van der Waals surface area contributed by atoms with Gasteiger partial charge >= 0.3 is 5.91 Å². The van der Waals surface area contributed by atoms with Crippen molar-refractivity contribution in [2.75, 3.05) is 19.1 Å². The zero-order chi connectivity index (χ0) is 30.2. The van der Waals surface area contributed by atoms with Crippen LogP contribution in [0.1, 0.15) is 28.6 Å². The molecule has 1 aliphatic rings. The van der Waals surface area contributed by atoms with Crippen LogP contribution in [0.15, 0.2) is 76.8 Å². The average molecular weight is 634 g/mol. The SMILES string of the molecule is COc1ccc(C2C(=C(O)c3c(C)nc4ccccn34)C(=O)C(=O)N2c2nnc(SCc3ccccc3Cl)s2)cc1OC. The number of rotatable bonds is 8. The Morgan fingerprint density at radius 3 is 2.58 bits per heavy atom. The van der Waals surface area contributed by atoms with E-state index >= 15 is 0 Å². The summed E-state index contributed by atoms with van der Waals surface area (Å²) >= 11 is 8.89. The summed E-state index contributed by atoms with van der Waals surface area (Å²) in [5.74, 6) is -0.649. The number of anilines is 1. The molecule has 0 spiro atoms. The molecule has 0 aliphatic carbocycles. The van der Waals surface area contributed by atoms with Crippen LogP contribution in [0.3, 0.4) is 0 Å². The molecule has 5 aromatic rings. The van der Waals surface area contributed by atoms with Gasteiger partial charge < -0.3 is 14.6 Å². The third kappa shape index (κ3) is 5.11. The minimum atomic E-state index is -1.04. The fourth-order valence-electron chi connectivity index (χ4n) is 5.01. The lowest BCUT2D eigenvalue weighted by molar-refractivity contribution is -0.132. The summed E-state index contributed by atoms with van der Waals surface area (Å²) in [6.07, 6.45) is 1.74. The summed E-state index contributed by atoms with van der Waals surface area (Å²) in [5.41, 5.74) is 2.72. The molecule has 4 heterocycles. The van der Waals surface area contributed by atoms with E-state index in [2.05, 4.69) is 15.2 Å². The number of imidazole rings is 1. The van der Waals surface area contributed by atoms with E-state index in [1.54, 1.807) is 47.9 Å². The predicted molar refractivity (Wildman–Crippen MR) is 165 cm³/mol. The largest absolute Gasteiger partial charge is 0.505 e. The molecular formula is C30H24ClN5O5S2. The number of ether oxygens (including phenoxy) is 2. The Bertz CT molecular complexity index is 1920. The minimum Gasteiger partial charge on any atom is -0.505 e. The molecule has 1 amide bonds. The lowest BCUT2D eigenvalue weighted by Crippen LogP contribution is -2.29. The van der Waals surface area contributed by atoms with Crippen LogP contribution in [0, 0.1) is 6.92 Å². The van der Waals surface area contributed by atoms with Crippen molar-refractivity contribution in [1.29, 1.82) is 0 Å². The summed E-state index contributed by atoms with van der Waals surface area (Å²) in [7, 11) is 3.01. The Hall–Kier alpha value is -4.39. The van der Waals surface area contributed by atoms with Crippen molar-refractivity contribution in [3.63, 3.8) is 0 Å². The second-order valence-corrected chi connectivity index (χ2v) is 12.1. The maximum absolute atomic E-state index is 13.7. The summed E-state index contributed by atoms with van der Waals surface area (Å²) in [5, 5.41) is 21.2. The molecule has 6 rings (SSSR count). The topological polar surface area (TPSA) is 119 Å². The summed E-state index contributed by atoms with van der Waals surface area (Å²) in [6, 6.07) is 16.9. The van der Waals surface area contributed by atoms with Crippen LogP contribution in [-0.4, -0.2) is 50.6 Å². The first kappa shape index (κ1) is 28.7. The summed E-state index contributed by atoms with van der Waals surface area (Å²) in [6.45, 7) is 1.73. The number of aryl methyl sites for hydroxylation is 1. The summed E-state index contributed by atoms with van der Waals surface area (Å²) < 4.78 is 13.2. The van der Waals surface area contributed by atoms with E-state index in [0.29, 0.717) is 49.2 Å². The van der Waals surface area contributed by atoms with Gasteiger partial charge in [-0.3, -0.25) is 18.9 Å². The van der Waals surface area contributed by atoms with Gasteiger partial charge in [0, 0.05) is 17.0 Å². The molecule has 2 aromatic carbocycles. The number of benzene rings is 2. The molecule has 10 nitrogen and oxygen atoms in total. The van der Waals surface area contributed by atoms with E-state index in [9.17, 15) is 14.7 Å². The number of hydrogen-bond donors (Lipinski definition) is 1. The third-order valence-corrected chi connectivity index (χ3v) is 9.48. The molecule has 1 N–H and O–H groups in total. The molecule has 1 saturated heterocycles. The van der Waals surface area contributed by atoms with Crippen molar-refractivity contribution in [3.8, 4) is 11.5 Å². The zero-order valence-electron chi connectivity index (χ0n) is 23.1. The number of ketones is 1. The monoisotopic (exact) mass is 633 g/mol. The predicted octanol–water partition coefficient (Wildman–Crippen LogP) is 6.08. The number of nitrogens with zero attached hydrogens (tertiary/aromatic N) is 5. The van der Waals surface area contributed by atoms with Gasteiger partial charge in [0.05, 0.1) is 31.5 Å². The maximum atomic E-state index is 13.7. The minimum absolute atomic E-state index is 0.105. The van der Waals surface area contributed by atoms with Gasteiger partial charge in [0.15, 0.2) is 21.6 Å². The van der Waals surface area contributed by atoms with Gasteiger partial charge in [-0.2, -0.15) is 0 Å². The second kappa shape index (κ2) is 11.7. The fourth-order valence-corrected chi connectivity index (χ4v) is 7.16. The number of carbonyl (C=O) groups is 2. The highest BCUT2D eigenvalue weighted by Gasteiger charge is 2.49. The molecule has 0 saturated carbocycles. The van der Waals surface area contributed by atoms with Crippen molar-refractivity contribution in [1.82, 2.24) is 19.6 Å². The number of hydrogen-bond acceptors (Lipinski definition) is 10. The van der Waals surface area contributed by atoms with Crippen molar-refractivity contribution >= 4 is 62.9 Å². The summed E-state index contributed by atoms with van der Waals surface area (Å²) in [4.78, 5) is 33.2. The number of methoxy groups -OCH3 is 2. The smallest absolute Gasteiger partial charge is 0.301 e. The lowest BCUT2D eigenvalue weighted by atomic mass is 9.96. The number of pyridine rings is 1. The highest BCUT2D eigenvalue weighted by atomic mass is 35.5. The molecule has 1 fully saturated rings. The van der Waals surface area contributed by atoms with Crippen LogP contribution in [0.4, 0.5) is 5.13 Å². The van der Waals surface area contributed by atoms with Crippen LogP contribution in [0.5, 0.6) is 11.5 Å². The molecule has 3 aromatic heterocycles. The molecule has 0 bridgehead atoms. The average Bonchev–Trinajstić information content (AvgIpc) is 3.69. The first-order chi connectivity index (χ1) is 20.8. The van der Waals surface area contributed by atoms with Crippen LogP contribution in [0.2, 0.25) is 5.02 Å². The van der Waals surface area contributed by atoms with Crippen LogP contribution < -0.4 is 14.4 Å². The van der Waals surface area contributed by atoms with Gasteiger partial charge in [0.25, 0.3) is 5.78 Å². The van der Waals surface area contributed by atoms with Gasteiger partial charge in [-0.25, -0.2) is 4.98 Å². The van der Waals surface area contributed by atoms with Gasteiger partial charge in [0.1, 0.15) is 11.3 Å². The molecule has 0 radical (unpaired) electrons. The molecular weight excluding hydrogens is 610 g/mol. The number of carbonyl (C=O) groups excluding carboxylic acids is 2. The van der Waals surface area contributed by atoms with Crippen LogP contribution in [0.25, 0.3) is 11.4 Å². The maximum Gasteiger partial charge on any atom is 0.301 e. The highest BCUT2D eigenvalue weighted by molar-refractivity contribution is 8.00. The van der Waals surface area contributed by atoms with Crippen molar-refractivity contribution in [3.05, 3.63) is 100.0 Å². The third-order valence-electron chi connectivity index (χ3n) is 7.01. The standard InChI is InChI=1S/C30H24ClN5O5S2/c1-16-24(35-13-7-6-10-22(35)32-16)26(37)23-25(17-11-12-20(40-2)21(14-17)41-3)36(28(39)27(23)38)29-33-34-30(43-29)42-15-18-8-4-5-9-19(18)31/h4-14,25,37H,15H2,1-3H3. The number of aromatic nitrogens is 4. The van der Waals surface area contributed by atoms with Gasteiger partial charge in [-0.1, -0.05) is 65.0 Å². The Labute approximate surface area is 259 Å². The van der Waals surface area contributed by atoms with Crippen LogP contribution in [-0.2, 0) is 15.3 Å². The number of fused-ring (bicyclic) bond motifs is 1. The number of aliphatic hydroxyl groups is 1. The number of halogens is 1. The fraction of sp³-hybridized carbons (Fsp3) is 0.167. The molecule has 1 aliphatic heterocycles. The van der Waals surface area contributed by atoms with E-state index in [0.717, 1.165) is 5.56 Å². The van der Waals surface area contributed by atoms with E-state index in [4.69, 9.17) is 21.1 Å². The Morgan fingerprint density at radius 2 is 1.81 bits per heavy atom. The number of thioether (sulfide) groups is 1. The van der Waals surface area contributed by atoms with Crippen LogP contribution >= 0.6 is 34.7 Å². The molecule has 43 heavy (non-hydrogen) atoms. The number of aliphatic hydroxyl groups excluding tert-OH is 1. The van der Waals surface area contributed by atoms with Gasteiger partial charge in [-0.05, 0) is 48.4 Å². The molecule has 1 atom stereocenters. The van der Waals surface area contributed by atoms with Crippen molar-refractivity contribution in [2.24, 2.45) is 0 Å². The molecule has 218 valence electrons. The van der Waals surface area contributed by atoms with E-state index in [1.165, 1.54) is 42.2 Å². The quantitative estimate of drug-likeness (QED) is 0.0712. The Balaban J connectivity index is 1.47. The van der Waals surface area contributed by atoms with Gasteiger partial charge in [-0.15, -0.1) is 10.2 Å². The highest BCUT2D eigenvalue weighted by Crippen LogP contribution is 2.46. The number of Topliss-reactive ketones (excluding diaryl/α,β-unsaturated/α-hetero) is 1. The number of amides is 1. The van der Waals surface area contributed by atoms with E-state index < -0.39 is 17.7 Å². The second-order valence-electron chi connectivity index (χ2n) is 9.49. The Morgan fingerprint density at radius 1 is 1.05 bits per heavy atom. The van der Waals surface area contributed by atoms with E-state index in [1.807, 2.05) is 30.3 Å². The first-order valence-electron chi connectivity index (χ1n) is 13.0. The van der Waals surface area contributed by atoms with Gasteiger partial charge in [0.2, 0.25) is 5.13 Å². The van der Waals surface area contributed by atoms with Crippen molar-refractivity contribution < 1.29 is 24.2 Å². The zero-order valence-corrected chi connectivity index (χ0v) is 25.5. The molecule has 1 unspecified atom stereocenters. The van der Waals surface area contributed by atoms with Crippen molar-refractivity contribution in [2.45, 2.75) is 23.1 Å². The lowest BCUT2D eigenvalue weighted by Gasteiger charge is -2.23. The first-order valence-corrected chi connectivity index (χ1v) is 15.2. The van der Waals surface area contributed by atoms with E-state index in [-0.39, 0.29) is 16.5 Å². The molecule has 13 heteroatoms. The normalized spacial score (nSPS) is 16.3.